The second-order valence-electron chi connectivity index (χ2n) is 8.57. The Bertz CT molecular complexity index is 1170. The van der Waals surface area contributed by atoms with E-state index in [4.69, 9.17) is 8.83 Å². The minimum absolute atomic E-state index is 0.0310. The fraction of sp³-hybridized carbons (Fsp3) is 0.346. The molecule has 1 unspecified atom stereocenters. The first-order valence-corrected chi connectivity index (χ1v) is 11.7. The van der Waals surface area contributed by atoms with Crippen LogP contribution in [0.25, 0.3) is 0 Å². The van der Waals surface area contributed by atoms with E-state index in [-0.39, 0.29) is 23.2 Å². The van der Waals surface area contributed by atoms with Gasteiger partial charge in [0, 0.05) is 6.04 Å². The Hall–Kier alpha value is -3.88. The minimum Gasteiger partial charge on any atom is -0.464 e. The van der Waals surface area contributed by atoms with Crippen molar-refractivity contribution >= 4 is 23.4 Å². The highest BCUT2D eigenvalue weighted by Crippen LogP contribution is 2.31. The van der Waals surface area contributed by atoms with Gasteiger partial charge in [-0.1, -0.05) is 31.4 Å². The highest BCUT2D eigenvalue weighted by atomic mass is 19.1. The fourth-order valence-corrected chi connectivity index (χ4v) is 4.30. The van der Waals surface area contributed by atoms with E-state index in [2.05, 4.69) is 10.6 Å². The summed E-state index contributed by atoms with van der Waals surface area (Å²) < 4.78 is 25.8. The van der Waals surface area contributed by atoms with Crippen molar-refractivity contribution in [2.45, 2.75) is 51.1 Å². The molecule has 1 aromatic carbocycles. The molecule has 2 N–H and O–H groups in total. The minimum atomic E-state index is -1.27. The molecule has 0 saturated heterocycles. The molecule has 0 spiro atoms. The van der Waals surface area contributed by atoms with Gasteiger partial charge in [0.05, 0.1) is 18.5 Å². The Morgan fingerprint density at radius 3 is 2.49 bits per heavy atom. The Balaban J connectivity index is 1.66. The Morgan fingerprint density at radius 2 is 1.83 bits per heavy atom. The van der Waals surface area contributed by atoms with E-state index in [1.807, 2.05) is 0 Å². The van der Waals surface area contributed by atoms with Crippen molar-refractivity contribution in [1.29, 1.82) is 0 Å². The molecule has 1 aliphatic carbocycles. The number of carbonyl (C=O) groups excluding carboxylic acids is 3. The summed E-state index contributed by atoms with van der Waals surface area (Å²) in [5.74, 6) is -1.67. The summed E-state index contributed by atoms with van der Waals surface area (Å²) in [6.45, 7) is 1.24. The van der Waals surface area contributed by atoms with Crippen molar-refractivity contribution in [1.82, 2.24) is 10.6 Å². The predicted molar refractivity (Wildman–Crippen MR) is 126 cm³/mol. The van der Waals surface area contributed by atoms with Crippen LogP contribution in [0.3, 0.4) is 0 Å². The molecular formula is C26H28FN3O5. The highest BCUT2D eigenvalue weighted by molar-refractivity contribution is 6.04. The molecule has 1 atom stereocenters. The Morgan fingerprint density at radius 1 is 1.06 bits per heavy atom. The number of hydrogen-bond acceptors (Lipinski definition) is 5. The fourth-order valence-electron chi connectivity index (χ4n) is 4.30. The Labute approximate surface area is 202 Å². The van der Waals surface area contributed by atoms with Crippen LogP contribution >= 0.6 is 0 Å². The number of aryl methyl sites for hydroxylation is 1. The number of anilines is 1. The molecule has 1 fully saturated rings. The van der Waals surface area contributed by atoms with Crippen LogP contribution in [0.1, 0.15) is 60.2 Å². The van der Waals surface area contributed by atoms with Gasteiger partial charge in [0.2, 0.25) is 5.91 Å². The largest absolute Gasteiger partial charge is 0.464 e. The summed E-state index contributed by atoms with van der Waals surface area (Å²) in [4.78, 5) is 40.4. The van der Waals surface area contributed by atoms with Gasteiger partial charge in [0.15, 0.2) is 11.8 Å². The van der Waals surface area contributed by atoms with Crippen LogP contribution in [-0.2, 0) is 9.59 Å². The molecule has 2 aromatic heterocycles. The van der Waals surface area contributed by atoms with Gasteiger partial charge in [0.25, 0.3) is 11.8 Å². The van der Waals surface area contributed by atoms with Gasteiger partial charge in [-0.25, -0.2) is 4.39 Å². The number of furan rings is 2. The maximum absolute atomic E-state index is 15.0. The molecule has 8 nitrogen and oxygen atoms in total. The molecule has 3 amide bonds. The zero-order valence-electron chi connectivity index (χ0n) is 19.5. The molecule has 3 aromatic rings. The van der Waals surface area contributed by atoms with Crippen LogP contribution in [-0.4, -0.2) is 30.3 Å². The van der Waals surface area contributed by atoms with Crippen LogP contribution in [0.5, 0.6) is 0 Å². The number of amides is 3. The SMILES string of the molecule is Cc1ccc(C(C(=O)NC2CCCCC2)N(C(=O)CNC(=O)c2ccco2)c2ccccc2F)o1. The monoisotopic (exact) mass is 481 g/mol. The smallest absolute Gasteiger partial charge is 0.287 e. The quantitative estimate of drug-likeness (QED) is 0.500. The van der Waals surface area contributed by atoms with Gasteiger partial charge in [0.1, 0.15) is 17.3 Å². The number of nitrogens with one attached hydrogen (secondary N) is 2. The first-order valence-electron chi connectivity index (χ1n) is 11.7. The molecule has 4 rings (SSSR count). The third-order valence-corrected chi connectivity index (χ3v) is 6.01. The Kier molecular flexibility index (Phi) is 7.64. The lowest BCUT2D eigenvalue weighted by Gasteiger charge is -2.32. The van der Waals surface area contributed by atoms with Gasteiger partial charge in [-0.05, 0) is 56.2 Å². The van der Waals surface area contributed by atoms with Crippen molar-refractivity contribution in [3.63, 3.8) is 0 Å². The normalized spacial score (nSPS) is 14.8. The lowest BCUT2D eigenvalue weighted by atomic mass is 9.95. The van der Waals surface area contributed by atoms with Crippen molar-refractivity contribution in [3.05, 3.63) is 77.9 Å². The molecule has 35 heavy (non-hydrogen) atoms. The first-order chi connectivity index (χ1) is 16.9. The topological polar surface area (TPSA) is 105 Å². The molecule has 1 saturated carbocycles. The number of para-hydroxylation sites is 1. The van der Waals surface area contributed by atoms with Crippen molar-refractivity contribution < 1.29 is 27.6 Å². The average molecular weight is 482 g/mol. The molecule has 2 heterocycles. The van der Waals surface area contributed by atoms with Gasteiger partial charge < -0.3 is 19.5 Å². The average Bonchev–Trinajstić information content (AvgIpc) is 3.54. The molecule has 9 heteroatoms. The van der Waals surface area contributed by atoms with Crippen molar-refractivity contribution in [2.24, 2.45) is 0 Å². The van der Waals surface area contributed by atoms with E-state index in [1.165, 1.54) is 30.5 Å². The van der Waals surface area contributed by atoms with E-state index < -0.39 is 36.1 Å². The summed E-state index contributed by atoms with van der Waals surface area (Å²) in [7, 11) is 0. The number of carbonyl (C=O) groups is 3. The molecular weight excluding hydrogens is 453 g/mol. The standard InChI is InChI=1S/C26H28FN3O5/c1-17-13-14-21(35-17)24(26(33)29-18-8-3-2-4-9-18)30(20-11-6-5-10-19(20)27)23(31)16-28-25(32)22-12-7-15-34-22/h5-7,10-15,18,24H,2-4,8-9,16H2,1H3,(H,28,32)(H,29,33). The van der Waals surface area contributed by atoms with Crippen molar-refractivity contribution in [3.8, 4) is 0 Å². The van der Waals surface area contributed by atoms with Crippen LogP contribution in [0, 0.1) is 12.7 Å². The molecule has 0 bridgehead atoms. The zero-order chi connectivity index (χ0) is 24.8. The van der Waals surface area contributed by atoms with Crippen LogP contribution in [0.4, 0.5) is 10.1 Å². The van der Waals surface area contributed by atoms with Crippen LogP contribution in [0.2, 0.25) is 0 Å². The lowest BCUT2D eigenvalue weighted by Crippen LogP contribution is -2.49. The summed E-state index contributed by atoms with van der Waals surface area (Å²) in [6, 6.07) is 10.7. The summed E-state index contributed by atoms with van der Waals surface area (Å²) in [5.41, 5.74) is -0.0948. The van der Waals surface area contributed by atoms with Gasteiger partial charge >= 0.3 is 0 Å². The lowest BCUT2D eigenvalue weighted by molar-refractivity contribution is -0.127. The number of hydrogen-bond donors (Lipinski definition) is 2. The third kappa shape index (κ3) is 5.79. The number of benzene rings is 1. The van der Waals surface area contributed by atoms with Crippen molar-refractivity contribution in [2.75, 3.05) is 11.4 Å². The molecule has 0 aliphatic heterocycles. The molecule has 0 radical (unpaired) electrons. The van der Waals surface area contributed by atoms with Crippen LogP contribution < -0.4 is 15.5 Å². The zero-order valence-corrected chi connectivity index (χ0v) is 19.5. The maximum Gasteiger partial charge on any atom is 0.287 e. The van der Waals surface area contributed by atoms with Gasteiger partial charge in [-0.2, -0.15) is 0 Å². The number of halogens is 1. The number of rotatable bonds is 8. The second kappa shape index (κ2) is 11.0. The van der Waals surface area contributed by atoms with E-state index in [9.17, 15) is 18.8 Å². The second-order valence-corrected chi connectivity index (χ2v) is 8.57. The summed E-state index contributed by atoms with van der Waals surface area (Å²) in [5, 5.41) is 5.50. The van der Waals surface area contributed by atoms with Gasteiger partial charge in [-0.3, -0.25) is 19.3 Å². The summed E-state index contributed by atoms with van der Waals surface area (Å²) >= 11 is 0. The van der Waals surface area contributed by atoms with E-state index in [0.29, 0.717) is 5.76 Å². The van der Waals surface area contributed by atoms with Gasteiger partial charge in [-0.15, -0.1) is 0 Å². The van der Waals surface area contributed by atoms with Crippen LogP contribution in [0.15, 0.2) is 63.6 Å². The predicted octanol–water partition coefficient (Wildman–Crippen LogP) is 4.27. The summed E-state index contributed by atoms with van der Waals surface area (Å²) in [6.07, 6.45) is 6.13. The van der Waals surface area contributed by atoms with E-state index in [0.717, 1.165) is 37.0 Å². The van der Waals surface area contributed by atoms with E-state index in [1.54, 1.807) is 31.2 Å². The molecule has 184 valence electrons. The number of nitrogens with zero attached hydrogens (tertiary/aromatic N) is 1. The highest BCUT2D eigenvalue weighted by Gasteiger charge is 2.37. The third-order valence-electron chi connectivity index (χ3n) is 6.01. The first kappa shape index (κ1) is 24.3. The van der Waals surface area contributed by atoms with E-state index >= 15 is 0 Å². The molecule has 1 aliphatic rings. The maximum atomic E-state index is 15.0.